The fourth-order valence-electron chi connectivity index (χ4n) is 6.10. The van der Waals surface area contributed by atoms with Crippen LogP contribution in [0.4, 0.5) is 0 Å². The van der Waals surface area contributed by atoms with Crippen molar-refractivity contribution in [2.24, 2.45) is 17.3 Å². The van der Waals surface area contributed by atoms with Gasteiger partial charge in [0.2, 0.25) is 0 Å². The summed E-state index contributed by atoms with van der Waals surface area (Å²) in [7, 11) is 0. The van der Waals surface area contributed by atoms with Crippen LogP contribution in [0.5, 0.6) is 0 Å². The van der Waals surface area contributed by atoms with Crippen LogP contribution in [-0.2, 0) is 22.4 Å². The van der Waals surface area contributed by atoms with Gasteiger partial charge in [0, 0.05) is 6.42 Å². The van der Waals surface area contributed by atoms with Gasteiger partial charge in [0.15, 0.2) is 0 Å². The lowest BCUT2D eigenvalue weighted by Crippen LogP contribution is -2.36. The highest BCUT2D eigenvalue weighted by Gasteiger charge is 2.41. The van der Waals surface area contributed by atoms with E-state index in [0.29, 0.717) is 11.8 Å². The Labute approximate surface area is 259 Å². The Morgan fingerprint density at radius 1 is 0.738 bits per heavy atom. The van der Waals surface area contributed by atoms with Crippen LogP contribution in [0, 0.1) is 17.3 Å². The summed E-state index contributed by atoms with van der Waals surface area (Å²) in [6.07, 6.45) is 22.1. The zero-order valence-corrected chi connectivity index (χ0v) is 27.7. The molecule has 0 fully saturated rings. The molecule has 2 atom stereocenters. The summed E-state index contributed by atoms with van der Waals surface area (Å²) >= 11 is 0. The predicted octanol–water partition coefficient (Wildman–Crippen LogP) is 11.2. The maximum atomic E-state index is 12.6. The molecule has 0 aromatic heterocycles. The SMILES string of the molecule is C=CCc1ccccc1CC=C.CCCCC(CC)CC(CCCCCCCC(=O)O)(CC(CC)CCCC)C(=O)O. The van der Waals surface area contributed by atoms with Gasteiger partial charge in [-0.1, -0.05) is 141 Å². The quantitative estimate of drug-likeness (QED) is 0.0885. The molecular weight excluding hydrogens is 520 g/mol. The molecule has 1 rings (SSSR count). The summed E-state index contributed by atoms with van der Waals surface area (Å²) in [5.41, 5.74) is 2.11. The summed E-state index contributed by atoms with van der Waals surface area (Å²) in [4.78, 5) is 23.3. The monoisotopic (exact) mass is 584 g/mol. The van der Waals surface area contributed by atoms with E-state index in [4.69, 9.17) is 5.11 Å². The molecule has 1 aromatic carbocycles. The molecule has 0 spiro atoms. The second-order valence-electron chi connectivity index (χ2n) is 12.2. The standard InChI is InChI=1S/C26H50O4.C12H14/c1-5-9-16-22(7-3)20-26(25(29)30,21-23(8-4)17-10-6-2)19-15-13-11-12-14-18-24(27)28;1-3-7-11-9-5-6-10-12(11)8-4-2/h22-23H,5-21H2,1-4H3,(H,27,28)(H,29,30);3-6,9-10H,1-2,7-8H2. The smallest absolute Gasteiger partial charge is 0.309 e. The normalized spacial score (nSPS) is 13.7. The van der Waals surface area contributed by atoms with E-state index in [2.05, 4.69) is 65.1 Å². The highest BCUT2D eigenvalue weighted by Crippen LogP contribution is 2.43. The zero-order valence-electron chi connectivity index (χ0n) is 27.7. The van der Waals surface area contributed by atoms with E-state index in [1.165, 1.54) is 36.8 Å². The number of benzene rings is 1. The largest absolute Gasteiger partial charge is 0.481 e. The molecule has 1 aromatic rings. The van der Waals surface area contributed by atoms with Crippen LogP contribution in [0.25, 0.3) is 0 Å². The molecule has 2 N–H and O–H groups in total. The minimum atomic E-state index is -0.727. The van der Waals surface area contributed by atoms with Crippen LogP contribution in [0.1, 0.15) is 148 Å². The molecule has 0 aliphatic carbocycles. The van der Waals surface area contributed by atoms with Crippen molar-refractivity contribution in [3.63, 3.8) is 0 Å². The molecule has 0 amide bonds. The predicted molar refractivity (Wildman–Crippen MR) is 180 cm³/mol. The topological polar surface area (TPSA) is 74.6 Å². The van der Waals surface area contributed by atoms with Crippen molar-refractivity contribution < 1.29 is 19.8 Å². The first-order valence-corrected chi connectivity index (χ1v) is 17.0. The third-order valence-corrected chi connectivity index (χ3v) is 8.79. The first kappa shape index (κ1) is 39.6. The van der Waals surface area contributed by atoms with Crippen LogP contribution >= 0.6 is 0 Å². The lowest BCUT2D eigenvalue weighted by Gasteiger charge is -2.36. The lowest BCUT2D eigenvalue weighted by atomic mass is 9.67. The van der Waals surface area contributed by atoms with Crippen molar-refractivity contribution >= 4 is 11.9 Å². The Morgan fingerprint density at radius 2 is 1.19 bits per heavy atom. The van der Waals surface area contributed by atoms with Crippen LogP contribution in [0.15, 0.2) is 49.6 Å². The number of carboxylic acid groups (broad SMARTS) is 2. The van der Waals surface area contributed by atoms with E-state index in [1.807, 2.05) is 12.2 Å². The third-order valence-electron chi connectivity index (χ3n) is 8.79. The van der Waals surface area contributed by atoms with Gasteiger partial charge in [0.05, 0.1) is 5.41 Å². The zero-order chi connectivity index (χ0) is 31.6. The second kappa shape index (κ2) is 25.2. The van der Waals surface area contributed by atoms with E-state index in [-0.39, 0.29) is 6.42 Å². The van der Waals surface area contributed by atoms with E-state index in [9.17, 15) is 14.7 Å². The van der Waals surface area contributed by atoms with Crippen molar-refractivity contribution in [1.82, 2.24) is 0 Å². The van der Waals surface area contributed by atoms with Gasteiger partial charge in [-0.3, -0.25) is 9.59 Å². The maximum absolute atomic E-state index is 12.6. The molecule has 0 aliphatic rings. The molecule has 0 radical (unpaired) electrons. The number of aliphatic carboxylic acids is 2. The summed E-state index contributed by atoms with van der Waals surface area (Å²) in [6, 6.07) is 8.40. The van der Waals surface area contributed by atoms with Crippen LogP contribution in [0.2, 0.25) is 0 Å². The Balaban J connectivity index is 0.00000115. The van der Waals surface area contributed by atoms with Gasteiger partial charge in [-0.25, -0.2) is 0 Å². The van der Waals surface area contributed by atoms with Gasteiger partial charge >= 0.3 is 11.9 Å². The number of unbranched alkanes of at least 4 members (excludes halogenated alkanes) is 6. The number of allylic oxidation sites excluding steroid dienone is 2. The molecule has 2 unspecified atom stereocenters. The molecule has 0 bridgehead atoms. The van der Waals surface area contributed by atoms with Gasteiger partial charge in [0.25, 0.3) is 0 Å². The molecule has 0 heterocycles. The van der Waals surface area contributed by atoms with Crippen molar-refractivity contribution in [2.75, 3.05) is 0 Å². The fourth-order valence-corrected chi connectivity index (χ4v) is 6.10. The molecule has 0 aliphatic heterocycles. The highest BCUT2D eigenvalue weighted by molar-refractivity contribution is 5.74. The molecule has 240 valence electrons. The number of carboxylic acids is 2. The van der Waals surface area contributed by atoms with E-state index in [0.717, 1.165) is 89.9 Å². The van der Waals surface area contributed by atoms with Crippen LogP contribution in [0.3, 0.4) is 0 Å². The average Bonchev–Trinajstić information content (AvgIpc) is 2.97. The van der Waals surface area contributed by atoms with E-state index >= 15 is 0 Å². The molecule has 42 heavy (non-hydrogen) atoms. The Bertz CT molecular complexity index is 811. The highest BCUT2D eigenvalue weighted by atomic mass is 16.4. The number of hydrogen-bond donors (Lipinski definition) is 2. The molecule has 4 heteroatoms. The third kappa shape index (κ3) is 17.6. The second-order valence-corrected chi connectivity index (χ2v) is 12.2. The van der Waals surface area contributed by atoms with Gasteiger partial charge < -0.3 is 10.2 Å². The molecule has 0 saturated carbocycles. The number of hydrogen-bond acceptors (Lipinski definition) is 2. The minimum absolute atomic E-state index is 0.240. The van der Waals surface area contributed by atoms with Crippen molar-refractivity contribution in [3.8, 4) is 0 Å². The van der Waals surface area contributed by atoms with Gasteiger partial charge in [-0.05, 0) is 61.5 Å². The Hall–Kier alpha value is -2.36. The van der Waals surface area contributed by atoms with Crippen LogP contribution in [-0.4, -0.2) is 22.2 Å². The molecule has 0 saturated heterocycles. The van der Waals surface area contributed by atoms with E-state index < -0.39 is 17.4 Å². The van der Waals surface area contributed by atoms with Gasteiger partial charge in [-0.15, -0.1) is 13.2 Å². The van der Waals surface area contributed by atoms with Gasteiger partial charge in [0.1, 0.15) is 0 Å². The van der Waals surface area contributed by atoms with E-state index in [1.54, 1.807) is 0 Å². The molecule has 4 nitrogen and oxygen atoms in total. The van der Waals surface area contributed by atoms with Crippen molar-refractivity contribution in [1.29, 1.82) is 0 Å². The van der Waals surface area contributed by atoms with Crippen molar-refractivity contribution in [2.45, 2.75) is 150 Å². The van der Waals surface area contributed by atoms with Crippen LogP contribution < -0.4 is 0 Å². The Kier molecular flexibility index (Phi) is 23.8. The van der Waals surface area contributed by atoms with Gasteiger partial charge in [-0.2, -0.15) is 0 Å². The lowest BCUT2D eigenvalue weighted by molar-refractivity contribution is -0.152. The molecular formula is C38H64O4. The maximum Gasteiger partial charge on any atom is 0.309 e. The summed E-state index contributed by atoms with van der Waals surface area (Å²) < 4.78 is 0. The summed E-state index contributed by atoms with van der Waals surface area (Å²) in [5, 5.41) is 19.2. The number of rotatable bonds is 25. The first-order chi connectivity index (χ1) is 20.2. The fraction of sp³-hybridized carbons (Fsp3) is 0.684. The Morgan fingerprint density at radius 3 is 1.57 bits per heavy atom. The van der Waals surface area contributed by atoms with Crippen molar-refractivity contribution in [3.05, 3.63) is 60.7 Å². The first-order valence-electron chi connectivity index (χ1n) is 17.0. The average molecular weight is 585 g/mol. The summed E-state index contributed by atoms with van der Waals surface area (Å²) in [6.45, 7) is 16.3. The minimum Gasteiger partial charge on any atom is -0.481 e. The number of carbonyl (C=O) groups is 2. The summed E-state index contributed by atoms with van der Waals surface area (Å²) in [5.74, 6) is -0.311.